The summed E-state index contributed by atoms with van der Waals surface area (Å²) in [7, 11) is -3.49. The number of halogens is 1. The molecule has 0 unspecified atom stereocenters. The third kappa shape index (κ3) is 2.68. The van der Waals surface area contributed by atoms with Gasteiger partial charge in [-0.25, -0.2) is 18.1 Å². The molecule has 0 aromatic carbocycles. The first-order chi connectivity index (χ1) is 7.09. The van der Waals surface area contributed by atoms with Crippen molar-refractivity contribution in [3.05, 3.63) is 23.5 Å². The van der Waals surface area contributed by atoms with Gasteiger partial charge in [0.25, 0.3) is 0 Å². The number of aromatic nitrogens is 1. The molecule has 2 rings (SSSR count). The number of hydrogen-bond donors (Lipinski definition) is 1. The molecule has 0 aliphatic heterocycles. The van der Waals surface area contributed by atoms with Gasteiger partial charge in [-0.2, -0.15) is 0 Å². The average molecular weight is 247 g/mol. The molecule has 0 amide bonds. The summed E-state index contributed by atoms with van der Waals surface area (Å²) in [6, 6.07) is 3.00. The van der Waals surface area contributed by atoms with Crippen molar-refractivity contribution in [2.45, 2.75) is 17.7 Å². The molecule has 15 heavy (non-hydrogen) atoms. The van der Waals surface area contributed by atoms with Crippen LogP contribution in [0.3, 0.4) is 0 Å². The van der Waals surface area contributed by atoms with Gasteiger partial charge in [-0.3, -0.25) is 0 Å². The SMILES string of the molecule is O=S(=O)(NCC1CC1)c1cccnc1Cl. The largest absolute Gasteiger partial charge is 0.243 e. The second-order valence-corrected chi connectivity index (χ2v) is 5.68. The number of hydrogen-bond acceptors (Lipinski definition) is 3. The zero-order chi connectivity index (χ0) is 10.9. The predicted octanol–water partition coefficient (Wildman–Crippen LogP) is 1.42. The van der Waals surface area contributed by atoms with Gasteiger partial charge in [0, 0.05) is 12.7 Å². The van der Waals surface area contributed by atoms with Crippen molar-refractivity contribution < 1.29 is 8.42 Å². The van der Waals surface area contributed by atoms with Crippen molar-refractivity contribution in [1.29, 1.82) is 0 Å². The summed E-state index contributed by atoms with van der Waals surface area (Å²) in [5.74, 6) is 0.496. The maximum atomic E-state index is 11.7. The van der Waals surface area contributed by atoms with Crippen LogP contribution in [-0.2, 0) is 10.0 Å². The Bertz CT molecular complexity index is 457. The highest BCUT2D eigenvalue weighted by molar-refractivity contribution is 7.89. The molecular weight excluding hydrogens is 236 g/mol. The molecule has 0 radical (unpaired) electrons. The third-order valence-electron chi connectivity index (χ3n) is 2.27. The topological polar surface area (TPSA) is 59.1 Å². The molecule has 1 heterocycles. The molecule has 0 spiro atoms. The predicted molar refractivity (Wildman–Crippen MR) is 57.2 cm³/mol. The second kappa shape index (κ2) is 4.08. The summed E-state index contributed by atoms with van der Waals surface area (Å²) in [4.78, 5) is 3.78. The number of sulfonamides is 1. The minimum atomic E-state index is -3.49. The summed E-state index contributed by atoms with van der Waals surface area (Å²) in [6.07, 6.45) is 3.66. The standard InChI is InChI=1S/C9H11ClN2O2S/c10-9-8(2-1-5-11-9)15(13,14)12-6-7-3-4-7/h1-2,5,7,12H,3-4,6H2. The van der Waals surface area contributed by atoms with E-state index < -0.39 is 10.0 Å². The molecule has 1 aromatic heterocycles. The van der Waals surface area contributed by atoms with Crippen molar-refractivity contribution in [2.24, 2.45) is 5.92 Å². The third-order valence-corrected chi connectivity index (χ3v) is 4.14. The molecule has 1 aromatic rings. The van der Waals surface area contributed by atoms with E-state index in [1.807, 2.05) is 0 Å². The maximum Gasteiger partial charge on any atom is 0.243 e. The first-order valence-corrected chi connectivity index (χ1v) is 6.56. The van der Waals surface area contributed by atoms with E-state index in [2.05, 4.69) is 9.71 Å². The zero-order valence-electron chi connectivity index (χ0n) is 7.98. The molecule has 1 aliphatic carbocycles. The van der Waals surface area contributed by atoms with E-state index in [0.717, 1.165) is 12.8 Å². The number of rotatable bonds is 4. The van der Waals surface area contributed by atoms with Crippen LogP contribution in [0.1, 0.15) is 12.8 Å². The summed E-state index contributed by atoms with van der Waals surface area (Å²) < 4.78 is 26.0. The molecular formula is C9H11ClN2O2S. The van der Waals surface area contributed by atoms with Crippen molar-refractivity contribution >= 4 is 21.6 Å². The lowest BCUT2D eigenvalue weighted by atomic mass is 10.4. The molecule has 1 N–H and O–H groups in total. The average Bonchev–Trinajstić information content (AvgIpc) is 2.99. The summed E-state index contributed by atoms with van der Waals surface area (Å²) in [6.45, 7) is 0.494. The normalized spacial score (nSPS) is 16.6. The highest BCUT2D eigenvalue weighted by Gasteiger charge is 2.25. The Kier molecular flexibility index (Phi) is 2.95. The van der Waals surface area contributed by atoms with E-state index in [1.54, 1.807) is 6.07 Å². The lowest BCUT2D eigenvalue weighted by Gasteiger charge is -2.06. The second-order valence-electron chi connectivity index (χ2n) is 3.59. The monoisotopic (exact) mass is 246 g/mol. The van der Waals surface area contributed by atoms with Crippen LogP contribution < -0.4 is 4.72 Å². The Morgan fingerprint density at radius 3 is 2.87 bits per heavy atom. The molecule has 6 heteroatoms. The van der Waals surface area contributed by atoms with Crippen molar-refractivity contribution in [3.8, 4) is 0 Å². The lowest BCUT2D eigenvalue weighted by Crippen LogP contribution is -2.26. The van der Waals surface area contributed by atoms with Crippen LogP contribution in [0, 0.1) is 5.92 Å². The minimum Gasteiger partial charge on any atom is -0.243 e. The van der Waals surface area contributed by atoms with Gasteiger partial charge < -0.3 is 0 Å². The number of nitrogens with one attached hydrogen (secondary N) is 1. The van der Waals surface area contributed by atoms with Crippen LogP contribution in [0.25, 0.3) is 0 Å². The molecule has 0 atom stereocenters. The Balaban J connectivity index is 2.16. The fraction of sp³-hybridized carbons (Fsp3) is 0.444. The van der Waals surface area contributed by atoms with E-state index in [1.165, 1.54) is 12.3 Å². The Labute approximate surface area is 93.7 Å². The Morgan fingerprint density at radius 1 is 1.53 bits per heavy atom. The molecule has 0 saturated heterocycles. The molecule has 0 bridgehead atoms. The van der Waals surface area contributed by atoms with Crippen LogP contribution in [0.15, 0.2) is 23.2 Å². The van der Waals surface area contributed by atoms with E-state index in [4.69, 9.17) is 11.6 Å². The molecule has 4 nitrogen and oxygen atoms in total. The summed E-state index contributed by atoms with van der Waals surface area (Å²) >= 11 is 5.71. The van der Waals surface area contributed by atoms with E-state index >= 15 is 0 Å². The van der Waals surface area contributed by atoms with Crippen molar-refractivity contribution in [2.75, 3.05) is 6.54 Å². The van der Waals surface area contributed by atoms with Crippen LogP contribution in [-0.4, -0.2) is 19.9 Å². The van der Waals surface area contributed by atoms with E-state index in [0.29, 0.717) is 12.5 Å². The van der Waals surface area contributed by atoms with Crippen LogP contribution in [0.2, 0.25) is 5.15 Å². The smallest absolute Gasteiger partial charge is 0.243 e. The van der Waals surface area contributed by atoms with Gasteiger partial charge in [0.05, 0.1) is 0 Å². The number of nitrogens with zero attached hydrogens (tertiary/aromatic N) is 1. The first kappa shape index (κ1) is 10.9. The fourth-order valence-corrected chi connectivity index (χ4v) is 2.77. The van der Waals surface area contributed by atoms with E-state index in [-0.39, 0.29) is 10.0 Å². The van der Waals surface area contributed by atoms with Crippen molar-refractivity contribution in [1.82, 2.24) is 9.71 Å². The highest BCUT2D eigenvalue weighted by Crippen LogP contribution is 2.28. The van der Waals surface area contributed by atoms with Gasteiger partial charge in [0.1, 0.15) is 10.0 Å². The minimum absolute atomic E-state index is 0.0146. The zero-order valence-corrected chi connectivity index (χ0v) is 9.55. The van der Waals surface area contributed by atoms with Gasteiger partial charge >= 0.3 is 0 Å². The molecule has 1 saturated carbocycles. The van der Waals surface area contributed by atoms with Gasteiger partial charge in [-0.15, -0.1) is 0 Å². The Morgan fingerprint density at radius 2 is 2.27 bits per heavy atom. The van der Waals surface area contributed by atoms with Crippen LogP contribution in [0.5, 0.6) is 0 Å². The van der Waals surface area contributed by atoms with E-state index in [9.17, 15) is 8.42 Å². The fourth-order valence-electron chi connectivity index (χ4n) is 1.20. The summed E-state index contributed by atoms with van der Waals surface area (Å²) in [5.41, 5.74) is 0. The highest BCUT2D eigenvalue weighted by atomic mass is 35.5. The molecule has 1 fully saturated rings. The summed E-state index contributed by atoms with van der Waals surface area (Å²) in [5, 5.41) is 0.0146. The molecule has 82 valence electrons. The van der Waals surface area contributed by atoms with Gasteiger partial charge in [-0.1, -0.05) is 11.6 Å². The van der Waals surface area contributed by atoms with Crippen LogP contribution >= 0.6 is 11.6 Å². The molecule has 1 aliphatic rings. The van der Waals surface area contributed by atoms with Crippen molar-refractivity contribution in [3.63, 3.8) is 0 Å². The van der Waals surface area contributed by atoms with Crippen LogP contribution in [0.4, 0.5) is 0 Å². The Hall–Kier alpha value is -0.650. The van der Waals surface area contributed by atoms with Gasteiger partial charge in [0.2, 0.25) is 10.0 Å². The quantitative estimate of drug-likeness (QED) is 0.818. The van der Waals surface area contributed by atoms with Gasteiger partial charge in [-0.05, 0) is 30.9 Å². The maximum absolute atomic E-state index is 11.7. The van der Waals surface area contributed by atoms with Gasteiger partial charge in [0.15, 0.2) is 0 Å². The lowest BCUT2D eigenvalue weighted by molar-refractivity contribution is 0.577. The number of pyridine rings is 1. The first-order valence-electron chi connectivity index (χ1n) is 4.70.